The number of nitrogens with one attached hydrogen (secondary N) is 1. The van der Waals surface area contributed by atoms with Crippen LogP contribution in [0.2, 0.25) is 0 Å². The standard InChI is InChI=1S/C25H25N5O2/c1-15-13-32-14-20-22(15)28-25(29-24(20)27-12-17-7-4-3-5-8-17)30-16(2)11-19-18(23(26)31)9-6-10-21(19)30/h3-11,15H,12-14H2,1-2H3,(H2,26,31)(H,27,28,29). The van der Waals surface area contributed by atoms with E-state index in [9.17, 15) is 4.79 Å². The van der Waals surface area contributed by atoms with Gasteiger partial charge in [-0.2, -0.15) is 4.98 Å². The lowest BCUT2D eigenvalue weighted by Gasteiger charge is -2.25. The fourth-order valence-electron chi connectivity index (χ4n) is 4.33. The first-order chi connectivity index (χ1) is 15.5. The lowest BCUT2D eigenvalue weighted by atomic mass is 10.0. The highest BCUT2D eigenvalue weighted by Gasteiger charge is 2.25. The zero-order valence-electron chi connectivity index (χ0n) is 18.1. The zero-order valence-corrected chi connectivity index (χ0v) is 18.1. The molecule has 0 bridgehead atoms. The lowest BCUT2D eigenvalue weighted by molar-refractivity contribution is 0.0933. The van der Waals surface area contributed by atoms with Crippen LogP contribution >= 0.6 is 0 Å². The minimum absolute atomic E-state index is 0.154. The van der Waals surface area contributed by atoms with Crippen molar-refractivity contribution in [2.75, 3.05) is 11.9 Å². The summed E-state index contributed by atoms with van der Waals surface area (Å²) in [7, 11) is 0. The minimum atomic E-state index is -0.449. The van der Waals surface area contributed by atoms with E-state index in [-0.39, 0.29) is 5.92 Å². The van der Waals surface area contributed by atoms with Gasteiger partial charge in [0.25, 0.3) is 0 Å². The second-order valence-corrected chi connectivity index (χ2v) is 8.22. The summed E-state index contributed by atoms with van der Waals surface area (Å²) in [5.74, 6) is 1.05. The Bertz CT molecular complexity index is 1310. The van der Waals surface area contributed by atoms with Crippen molar-refractivity contribution in [3.8, 4) is 5.95 Å². The summed E-state index contributed by atoms with van der Waals surface area (Å²) in [6.45, 7) is 5.85. The maximum Gasteiger partial charge on any atom is 0.249 e. The van der Waals surface area contributed by atoms with E-state index < -0.39 is 5.91 Å². The summed E-state index contributed by atoms with van der Waals surface area (Å²) in [6, 6.07) is 17.7. The van der Waals surface area contributed by atoms with Gasteiger partial charge >= 0.3 is 0 Å². The van der Waals surface area contributed by atoms with E-state index in [0.717, 1.165) is 33.7 Å². The van der Waals surface area contributed by atoms with E-state index in [1.807, 2.05) is 47.9 Å². The number of carbonyl (C=O) groups excluding carboxylic acids is 1. The molecule has 1 amide bonds. The Labute approximate surface area is 186 Å². The number of hydrogen-bond donors (Lipinski definition) is 2. The molecular formula is C25H25N5O2. The number of anilines is 1. The molecule has 7 heteroatoms. The molecule has 1 aliphatic heterocycles. The van der Waals surface area contributed by atoms with Crippen molar-refractivity contribution in [2.24, 2.45) is 5.73 Å². The molecule has 0 saturated heterocycles. The molecule has 2 aromatic heterocycles. The number of hydrogen-bond acceptors (Lipinski definition) is 5. The van der Waals surface area contributed by atoms with E-state index in [4.69, 9.17) is 20.4 Å². The van der Waals surface area contributed by atoms with Crippen LogP contribution in [0.3, 0.4) is 0 Å². The smallest absolute Gasteiger partial charge is 0.249 e. The first-order valence-electron chi connectivity index (χ1n) is 10.7. The van der Waals surface area contributed by atoms with Gasteiger partial charge in [0.2, 0.25) is 11.9 Å². The van der Waals surface area contributed by atoms with Crippen LogP contribution in [0.15, 0.2) is 54.6 Å². The summed E-state index contributed by atoms with van der Waals surface area (Å²) in [5, 5.41) is 4.29. The highest BCUT2D eigenvalue weighted by Crippen LogP contribution is 2.32. The van der Waals surface area contributed by atoms with Crippen LogP contribution < -0.4 is 11.1 Å². The molecule has 3 N–H and O–H groups in total. The van der Waals surface area contributed by atoms with Gasteiger partial charge in [-0.05, 0) is 30.7 Å². The summed E-state index contributed by atoms with van der Waals surface area (Å²) in [5.41, 5.74) is 11.0. The van der Waals surface area contributed by atoms with E-state index >= 15 is 0 Å². The zero-order chi connectivity index (χ0) is 22.2. The number of carbonyl (C=O) groups is 1. The Kier molecular flexibility index (Phi) is 5.11. The number of rotatable bonds is 5. The molecule has 0 fully saturated rings. The summed E-state index contributed by atoms with van der Waals surface area (Å²) in [6.07, 6.45) is 0. The van der Waals surface area contributed by atoms with Crippen molar-refractivity contribution in [1.29, 1.82) is 0 Å². The SMILES string of the molecule is Cc1cc2c(C(N)=O)cccc2n1-c1nc(NCc2ccccc2)c2c(n1)C(C)COC2. The molecule has 1 unspecified atom stereocenters. The minimum Gasteiger partial charge on any atom is -0.376 e. The van der Waals surface area contributed by atoms with Crippen molar-refractivity contribution < 1.29 is 9.53 Å². The second-order valence-electron chi connectivity index (χ2n) is 8.22. The van der Waals surface area contributed by atoms with Gasteiger partial charge in [0, 0.05) is 34.7 Å². The molecule has 5 rings (SSSR count). The van der Waals surface area contributed by atoms with Gasteiger partial charge in [-0.1, -0.05) is 43.3 Å². The quantitative estimate of drug-likeness (QED) is 0.501. The molecule has 3 heterocycles. The van der Waals surface area contributed by atoms with Gasteiger partial charge < -0.3 is 15.8 Å². The molecule has 2 aromatic carbocycles. The van der Waals surface area contributed by atoms with Crippen LogP contribution in [0.25, 0.3) is 16.9 Å². The van der Waals surface area contributed by atoms with Crippen LogP contribution in [0.4, 0.5) is 5.82 Å². The molecule has 4 aromatic rings. The molecule has 162 valence electrons. The Morgan fingerprint density at radius 3 is 2.78 bits per heavy atom. The normalized spacial score (nSPS) is 15.5. The van der Waals surface area contributed by atoms with Crippen molar-refractivity contribution in [1.82, 2.24) is 14.5 Å². The molecular weight excluding hydrogens is 402 g/mol. The fraction of sp³-hybridized carbons (Fsp3) is 0.240. The van der Waals surface area contributed by atoms with Gasteiger partial charge in [-0.3, -0.25) is 9.36 Å². The number of nitrogens with two attached hydrogens (primary N) is 1. The van der Waals surface area contributed by atoms with Gasteiger partial charge in [-0.15, -0.1) is 0 Å². The molecule has 0 radical (unpaired) electrons. The number of amides is 1. The molecule has 0 saturated carbocycles. The number of nitrogens with zero attached hydrogens (tertiary/aromatic N) is 3. The van der Waals surface area contributed by atoms with E-state index in [0.29, 0.717) is 31.3 Å². The van der Waals surface area contributed by atoms with Crippen molar-refractivity contribution in [3.63, 3.8) is 0 Å². The van der Waals surface area contributed by atoms with Gasteiger partial charge in [0.1, 0.15) is 5.82 Å². The Morgan fingerprint density at radius 2 is 2.00 bits per heavy atom. The van der Waals surface area contributed by atoms with E-state index in [2.05, 4.69) is 24.4 Å². The Hall–Kier alpha value is -3.71. The maximum atomic E-state index is 11.9. The fourth-order valence-corrected chi connectivity index (χ4v) is 4.33. The van der Waals surface area contributed by atoms with Crippen LogP contribution in [0.1, 0.15) is 45.7 Å². The van der Waals surface area contributed by atoms with Crippen LogP contribution in [0.5, 0.6) is 0 Å². The topological polar surface area (TPSA) is 95.1 Å². The molecule has 0 aliphatic carbocycles. The number of aromatic nitrogens is 3. The van der Waals surface area contributed by atoms with E-state index in [1.165, 1.54) is 5.56 Å². The molecule has 32 heavy (non-hydrogen) atoms. The van der Waals surface area contributed by atoms with Gasteiger partial charge in [-0.25, -0.2) is 4.98 Å². The lowest BCUT2D eigenvalue weighted by Crippen LogP contribution is -2.21. The maximum absolute atomic E-state index is 11.9. The number of benzene rings is 2. The predicted octanol–water partition coefficient (Wildman–Crippen LogP) is 4.07. The third kappa shape index (κ3) is 3.50. The summed E-state index contributed by atoms with van der Waals surface area (Å²) in [4.78, 5) is 21.8. The van der Waals surface area contributed by atoms with Crippen molar-refractivity contribution in [3.05, 3.63) is 82.7 Å². The predicted molar refractivity (Wildman–Crippen MR) is 124 cm³/mol. The van der Waals surface area contributed by atoms with Crippen LogP contribution in [0, 0.1) is 6.92 Å². The van der Waals surface area contributed by atoms with Gasteiger partial charge in [0.05, 0.1) is 24.4 Å². The Morgan fingerprint density at radius 1 is 1.19 bits per heavy atom. The number of aryl methyl sites for hydroxylation is 1. The number of ether oxygens (including phenoxy) is 1. The molecule has 1 atom stereocenters. The summed E-state index contributed by atoms with van der Waals surface area (Å²) < 4.78 is 7.77. The third-order valence-corrected chi connectivity index (χ3v) is 5.91. The number of primary amides is 1. The molecule has 7 nitrogen and oxygen atoms in total. The average molecular weight is 428 g/mol. The van der Waals surface area contributed by atoms with Crippen molar-refractivity contribution in [2.45, 2.75) is 32.9 Å². The first kappa shape index (κ1) is 20.2. The monoisotopic (exact) mass is 427 g/mol. The average Bonchev–Trinajstić information content (AvgIpc) is 3.14. The highest BCUT2D eigenvalue weighted by atomic mass is 16.5. The van der Waals surface area contributed by atoms with Crippen LogP contribution in [-0.4, -0.2) is 27.0 Å². The molecule has 0 spiro atoms. The largest absolute Gasteiger partial charge is 0.376 e. The second kappa shape index (κ2) is 8.09. The van der Waals surface area contributed by atoms with Crippen LogP contribution in [-0.2, 0) is 17.9 Å². The highest BCUT2D eigenvalue weighted by molar-refractivity contribution is 6.06. The van der Waals surface area contributed by atoms with E-state index in [1.54, 1.807) is 6.07 Å². The number of fused-ring (bicyclic) bond motifs is 2. The Balaban J connectivity index is 1.65. The first-order valence-corrected chi connectivity index (χ1v) is 10.7. The van der Waals surface area contributed by atoms with Crippen molar-refractivity contribution >= 4 is 22.6 Å². The summed E-state index contributed by atoms with van der Waals surface area (Å²) >= 11 is 0. The van der Waals surface area contributed by atoms with Gasteiger partial charge in [0.15, 0.2) is 0 Å². The molecule has 1 aliphatic rings. The third-order valence-electron chi connectivity index (χ3n) is 5.91.